The van der Waals surface area contributed by atoms with Crippen LogP contribution >= 0.6 is 0 Å². The van der Waals surface area contributed by atoms with E-state index in [9.17, 15) is 8.42 Å². The standard InChI is InChI=1S/C15H20N4O3S/c1-11(2)22-15-7-4-12(9-19-15)8-17-14-6-5-13(10-18-14)23(20,21)16-3/h4-7,9-11,16H,8H2,1-3H3,(H,17,18). The maximum absolute atomic E-state index is 11.6. The highest BCUT2D eigenvalue weighted by Gasteiger charge is 2.11. The summed E-state index contributed by atoms with van der Waals surface area (Å²) in [7, 11) is -2.10. The molecule has 0 radical (unpaired) electrons. The van der Waals surface area contributed by atoms with Crippen LogP contribution in [0.15, 0.2) is 41.6 Å². The Labute approximate surface area is 136 Å². The summed E-state index contributed by atoms with van der Waals surface area (Å²) in [6.07, 6.45) is 3.12. The molecule has 0 spiro atoms. The first-order valence-corrected chi connectivity index (χ1v) is 8.64. The molecule has 8 heteroatoms. The van der Waals surface area contributed by atoms with Crippen molar-refractivity contribution >= 4 is 15.8 Å². The molecule has 124 valence electrons. The molecule has 0 amide bonds. The van der Waals surface area contributed by atoms with Gasteiger partial charge in [0.15, 0.2) is 0 Å². The van der Waals surface area contributed by atoms with Gasteiger partial charge in [0.25, 0.3) is 0 Å². The van der Waals surface area contributed by atoms with E-state index in [1.807, 2.05) is 26.0 Å². The van der Waals surface area contributed by atoms with Crippen LogP contribution in [-0.4, -0.2) is 31.5 Å². The van der Waals surface area contributed by atoms with Gasteiger partial charge in [0.1, 0.15) is 10.7 Å². The molecule has 0 atom stereocenters. The number of aromatic nitrogens is 2. The molecule has 0 unspecified atom stereocenters. The zero-order valence-corrected chi connectivity index (χ0v) is 14.1. The summed E-state index contributed by atoms with van der Waals surface area (Å²) < 4.78 is 30.9. The van der Waals surface area contributed by atoms with Crippen LogP contribution in [0.3, 0.4) is 0 Å². The van der Waals surface area contributed by atoms with Crippen molar-refractivity contribution in [3.63, 3.8) is 0 Å². The number of sulfonamides is 1. The van der Waals surface area contributed by atoms with Crippen molar-refractivity contribution < 1.29 is 13.2 Å². The van der Waals surface area contributed by atoms with Crippen LogP contribution in [-0.2, 0) is 16.6 Å². The van der Waals surface area contributed by atoms with Gasteiger partial charge in [-0.25, -0.2) is 23.1 Å². The molecule has 2 N–H and O–H groups in total. The Hall–Kier alpha value is -2.19. The van der Waals surface area contributed by atoms with Gasteiger partial charge in [-0.15, -0.1) is 0 Å². The van der Waals surface area contributed by atoms with E-state index in [1.165, 1.54) is 19.3 Å². The van der Waals surface area contributed by atoms with Gasteiger partial charge in [0, 0.05) is 25.0 Å². The lowest BCUT2D eigenvalue weighted by Crippen LogP contribution is -2.18. The van der Waals surface area contributed by atoms with Gasteiger partial charge >= 0.3 is 0 Å². The minimum Gasteiger partial charge on any atom is -0.475 e. The molecule has 0 aromatic carbocycles. The van der Waals surface area contributed by atoms with Crippen LogP contribution in [0.25, 0.3) is 0 Å². The van der Waals surface area contributed by atoms with Crippen molar-refractivity contribution in [2.75, 3.05) is 12.4 Å². The summed E-state index contributed by atoms with van der Waals surface area (Å²) >= 11 is 0. The molecule has 0 aliphatic rings. The largest absolute Gasteiger partial charge is 0.475 e. The summed E-state index contributed by atoms with van der Waals surface area (Å²) in [6, 6.07) is 6.84. The molecule has 23 heavy (non-hydrogen) atoms. The number of nitrogens with one attached hydrogen (secondary N) is 2. The van der Waals surface area contributed by atoms with Crippen LogP contribution in [0, 0.1) is 0 Å². The lowest BCUT2D eigenvalue weighted by molar-refractivity contribution is 0.232. The fourth-order valence-electron chi connectivity index (χ4n) is 1.78. The molecule has 0 saturated heterocycles. The second-order valence-electron chi connectivity index (χ2n) is 5.11. The van der Waals surface area contributed by atoms with Gasteiger partial charge in [-0.2, -0.15) is 0 Å². The lowest BCUT2D eigenvalue weighted by Gasteiger charge is -2.10. The highest BCUT2D eigenvalue weighted by molar-refractivity contribution is 7.89. The van der Waals surface area contributed by atoms with E-state index >= 15 is 0 Å². The van der Waals surface area contributed by atoms with Crippen molar-refractivity contribution in [1.29, 1.82) is 0 Å². The molecule has 2 aromatic rings. The Morgan fingerprint density at radius 2 is 1.91 bits per heavy atom. The van der Waals surface area contributed by atoms with Crippen molar-refractivity contribution in [2.24, 2.45) is 0 Å². The first-order valence-electron chi connectivity index (χ1n) is 7.16. The second-order valence-corrected chi connectivity index (χ2v) is 7.00. The van der Waals surface area contributed by atoms with Gasteiger partial charge in [-0.05, 0) is 38.6 Å². The number of pyridine rings is 2. The van der Waals surface area contributed by atoms with Crippen molar-refractivity contribution in [2.45, 2.75) is 31.4 Å². The van der Waals surface area contributed by atoms with E-state index in [1.54, 1.807) is 12.3 Å². The third-order valence-electron chi connectivity index (χ3n) is 2.94. The number of hydrogen-bond donors (Lipinski definition) is 2. The number of ether oxygens (including phenoxy) is 1. The van der Waals surface area contributed by atoms with Crippen molar-refractivity contribution in [3.8, 4) is 5.88 Å². The Morgan fingerprint density at radius 1 is 1.13 bits per heavy atom. The Kier molecular flexibility index (Phi) is 5.51. The topological polar surface area (TPSA) is 93.2 Å². The minimum absolute atomic E-state index is 0.0862. The van der Waals surface area contributed by atoms with Gasteiger partial charge in [0.2, 0.25) is 15.9 Å². The molecule has 7 nitrogen and oxygen atoms in total. The second kappa shape index (κ2) is 7.38. The first-order chi connectivity index (χ1) is 10.9. The zero-order chi connectivity index (χ0) is 16.9. The first kappa shape index (κ1) is 17.2. The fraction of sp³-hybridized carbons (Fsp3) is 0.333. The van der Waals surface area contributed by atoms with Crippen LogP contribution < -0.4 is 14.8 Å². The molecule has 0 fully saturated rings. The Balaban J connectivity index is 1.96. The van der Waals surface area contributed by atoms with Crippen LogP contribution in [0.5, 0.6) is 5.88 Å². The molecule has 0 aliphatic carbocycles. The van der Waals surface area contributed by atoms with Gasteiger partial charge < -0.3 is 10.1 Å². The maximum Gasteiger partial charge on any atom is 0.241 e. The number of rotatable bonds is 7. The summed E-state index contributed by atoms with van der Waals surface area (Å²) in [5.74, 6) is 1.17. The van der Waals surface area contributed by atoms with E-state index in [0.717, 1.165) is 5.56 Å². The van der Waals surface area contributed by atoms with Gasteiger partial charge in [0.05, 0.1) is 6.10 Å². The SMILES string of the molecule is CNS(=O)(=O)c1ccc(NCc2ccc(OC(C)C)nc2)nc1. The maximum atomic E-state index is 11.6. The number of hydrogen-bond acceptors (Lipinski definition) is 6. The van der Waals surface area contributed by atoms with Gasteiger partial charge in [-0.1, -0.05) is 6.07 Å². The summed E-state index contributed by atoms with van der Waals surface area (Å²) in [5, 5.41) is 3.11. The monoisotopic (exact) mass is 336 g/mol. The van der Waals surface area contributed by atoms with Crippen LogP contribution in [0.4, 0.5) is 5.82 Å². The van der Waals surface area contributed by atoms with Crippen LogP contribution in [0.1, 0.15) is 19.4 Å². The highest BCUT2D eigenvalue weighted by Crippen LogP contribution is 2.13. The van der Waals surface area contributed by atoms with Gasteiger partial charge in [-0.3, -0.25) is 0 Å². The van der Waals surface area contributed by atoms with E-state index in [2.05, 4.69) is 20.0 Å². The minimum atomic E-state index is -3.46. The van der Waals surface area contributed by atoms with E-state index in [4.69, 9.17) is 4.74 Å². The van der Waals surface area contributed by atoms with Crippen molar-refractivity contribution in [1.82, 2.24) is 14.7 Å². The lowest BCUT2D eigenvalue weighted by atomic mass is 10.3. The predicted octanol–water partition coefficient (Wildman–Crippen LogP) is 1.78. The number of anilines is 1. The Morgan fingerprint density at radius 3 is 2.43 bits per heavy atom. The molecule has 0 saturated carbocycles. The summed E-state index contributed by atoms with van der Waals surface area (Å²) in [5.41, 5.74) is 0.967. The third kappa shape index (κ3) is 4.90. The molecule has 2 rings (SSSR count). The molecule has 2 heterocycles. The predicted molar refractivity (Wildman–Crippen MR) is 87.8 cm³/mol. The average molecular weight is 336 g/mol. The summed E-state index contributed by atoms with van der Waals surface area (Å²) in [4.78, 5) is 8.44. The highest BCUT2D eigenvalue weighted by atomic mass is 32.2. The normalized spacial score (nSPS) is 11.5. The fourth-order valence-corrected chi connectivity index (χ4v) is 2.46. The molecule has 0 aliphatic heterocycles. The summed E-state index contributed by atoms with van der Waals surface area (Å²) in [6.45, 7) is 4.42. The molecule has 0 bridgehead atoms. The molecular formula is C15H20N4O3S. The zero-order valence-electron chi connectivity index (χ0n) is 13.3. The van der Waals surface area contributed by atoms with E-state index in [-0.39, 0.29) is 11.0 Å². The smallest absolute Gasteiger partial charge is 0.241 e. The quantitative estimate of drug-likeness (QED) is 0.800. The van der Waals surface area contributed by atoms with E-state index in [0.29, 0.717) is 18.2 Å². The molecular weight excluding hydrogens is 316 g/mol. The van der Waals surface area contributed by atoms with E-state index < -0.39 is 10.0 Å². The average Bonchev–Trinajstić information content (AvgIpc) is 2.54. The Bertz CT molecular complexity index is 728. The third-order valence-corrected chi connectivity index (χ3v) is 4.34. The molecule has 2 aromatic heterocycles. The van der Waals surface area contributed by atoms with Crippen molar-refractivity contribution in [3.05, 3.63) is 42.2 Å². The number of nitrogens with zero attached hydrogens (tertiary/aromatic N) is 2. The van der Waals surface area contributed by atoms with Crippen LogP contribution in [0.2, 0.25) is 0 Å².